The van der Waals surface area contributed by atoms with Gasteiger partial charge in [0.2, 0.25) is 0 Å². The number of anilines is 1. The highest BCUT2D eigenvalue weighted by molar-refractivity contribution is 7.07. The Morgan fingerprint density at radius 3 is 2.94 bits per heavy atom. The number of amides is 1. The van der Waals surface area contributed by atoms with Crippen molar-refractivity contribution in [3.63, 3.8) is 0 Å². The van der Waals surface area contributed by atoms with Crippen LogP contribution in [0, 0.1) is 0 Å². The zero-order valence-electron chi connectivity index (χ0n) is 10.2. The second-order valence-electron chi connectivity index (χ2n) is 4.22. The lowest BCUT2D eigenvalue weighted by Crippen LogP contribution is -2.24. The molecule has 2 aromatic heterocycles. The number of hydrogen-bond donors (Lipinski definition) is 3. The van der Waals surface area contributed by atoms with E-state index < -0.39 is 0 Å². The Hall–Kier alpha value is -1.89. The first kappa shape index (κ1) is 12.6. The predicted molar refractivity (Wildman–Crippen MR) is 70.4 cm³/mol. The van der Waals surface area contributed by atoms with Gasteiger partial charge < -0.3 is 11.1 Å². The third-order valence-corrected chi connectivity index (χ3v) is 3.17. The maximum atomic E-state index is 11.9. The Kier molecular flexibility index (Phi) is 3.61. The summed E-state index contributed by atoms with van der Waals surface area (Å²) in [5.41, 5.74) is 9.88. The lowest BCUT2D eigenvalue weighted by molar-refractivity contribution is 0.0946. The van der Waals surface area contributed by atoms with Crippen molar-refractivity contribution >= 4 is 22.9 Å². The van der Waals surface area contributed by atoms with Crippen LogP contribution < -0.4 is 11.1 Å². The number of rotatable bonds is 4. The summed E-state index contributed by atoms with van der Waals surface area (Å²) in [6, 6.07) is 0. The number of H-pyrrole nitrogens is 1. The third kappa shape index (κ3) is 2.51. The normalized spacial score (nSPS) is 10.8. The molecule has 0 atom stereocenters. The highest BCUT2D eigenvalue weighted by Crippen LogP contribution is 2.21. The summed E-state index contributed by atoms with van der Waals surface area (Å²) in [5.74, 6) is -0.0822. The van der Waals surface area contributed by atoms with Crippen molar-refractivity contribution in [2.45, 2.75) is 26.3 Å². The molecular weight excluding hydrogens is 250 g/mol. The highest BCUT2D eigenvalue weighted by atomic mass is 32.1. The van der Waals surface area contributed by atoms with Crippen LogP contribution in [-0.2, 0) is 6.54 Å². The van der Waals surface area contributed by atoms with Gasteiger partial charge in [0, 0.05) is 5.38 Å². The van der Waals surface area contributed by atoms with Gasteiger partial charge in [-0.2, -0.15) is 5.10 Å². The first-order chi connectivity index (χ1) is 8.59. The van der Waals surface area contributed by atoms with Crippen LogP contribution in [0.15, 0.2) is 10.9 Å². The summed E-state index contributed by atoms with van der Waals surface area (Å²) in [4.78, 5) is 16.0. The standard InChI is InChI=1S/C11H15N5OS/c1-6(2)9-8(12)10(16-15-9)11(17)13-3-7-4-18-5-14-7/h4-6H,3,12H2,1-2H3,(H,13,17)(H,15,16). The lowest BCUT2D eigenvalue weighted by atomic mass is 10.1. The van der Waals surface area contributed by atoms with Crippen LogP contribution in [0.3, 0.4) is 0 Å². The summed E-state index contributed by atoms with van der Waals surface area (Å²) in [6.45, 7) is 4.35. The van der Waals surface area contributed by atoms with E-state index in [0.29, 0.717) is 12.2 Å². The second-order valence-corrected chi connectivity index (χ2v) is 4.94. The Bertz CT molecular complexity index is 532. The molecule has 2 rings (SSSR count). The van der Waals surface area contributed by atoms with Crippen molar-refractivity contribution in [3.05, 3.63) is 28.0 Å². The number of nitrogen functional groups attached to an aromatic ring is 1. The van der Waals surface area contributed by atoms with E-state index in [2.05, 4.69) is 20.5 Å². The molecule has 1 amide bonds. The van der Waals surface area contributed by atoms with E-state index in [-0.39, 0.29) is 17.5 Å². The zero-order valence-corrected chi connectivity index (χ0v) is 11.0. The van der Waals surface area contributed by atoms with Crippen molar-refractivity contribution in [2.24, 2.45) is 0 Å². The fraction of sp³-hybridized carbons (Fsp3) is 0.364. The van der Waals surface area contributed by atoms with Gasteiger partial charge in [-0.15, -0.1) is 11.3 Å². The molecule has 0 aromatic carbocycles. The van der Waals surface area contributed by atoms with Crippen LogP contribution in [0.2, 0.25) is 0 Å². The average Bonchev–Trinajstić information content (AvgIpc) is 2.94. The van der Waals surface area contributed by atoms with E-state index in [0.717, 1.165) is 11.4 Å². The van der Waals surface area contributed by atoms with Crippen LogP contribution in [0.5, 0.6) is 0 Å². The molecule has 0 aliphatic carbocycles. The summed E-state index contributed by atoms with van der Waals surface area (Å²) in [6.07, 6.45) is 0. The minimum Gasteiger partial charge on any atom is -0.395 e. The number of carbonyl (C=O) groups excluding carboxylic acids is 1. The maximum Gasteiger partial charge on any atom is 0.274 e. The molecule has 0 fully saturated rings. The van der Waals surface area contributed by atoms with Crippen molar-refractivity contribution in [1.29, 1.82) is 0 Å². The van der Waals surface area contributed by atoms with Crippen LogP contribution in [0.25, 0.3) is 0 Å². The Morgan fingerprint density at radius 2 is 2.39 bits per heavy atom. The Labute approximate surface area is 109 Å². The molecule has 6 nitrogen and oxygen atoms in total. The monoisotopic (exact) mass is 265 g/mol. The zero-order chi connectivity index (χ0) is 13.1. The number of aromatic nitrogens is 3. The van der Waals surface area contributed by atoms with Gasteiger partial charge in [0.25, 0.3) is 5.91 Å². The van der Waals surface area contributed by atoms with Crippen molar-refractivity contribution in [3.8, 4) is 0 Å². The summed E-state index contributed by atoms with van der Waals surface area (Å²) < 4.78 is 0. The number of hydrogen-bond acceptors (Lipinski definition) is 5. The van der Waals surface area contributed by atoms with Crippen molar-refractivity contribution < 1.29 is 4.79 Å². The largest absolute Gasteiger partial charge is 0.395 e. The van der Waals surface area contributed by atoms with Crippen LogP contribution in [-0.4, -0.2) is 21.1 Å². The van der Waals surface area contributed by atoms with E-state index in [1.165, 1.54) is 11.3 Å². The quantitative estimate of drug-likeness (QED) is 0.780. The van der Waals surface area contributed by atoms with Gasteiger partial charge in [-0.1, -0.05) is 13.8 Å². The van der Waals surface area contributed by atoms with Gasteiger partial charge >= 0.3 is 0 Å². The molecule has 0 unspecified atom stereocenters. The molecule has 7 heteroatoms. The lowest BCUT2D eigenvalue weighted by Gasteiger charge is -2.03. The maximum absolute atomic E-state index is 11.9. The van der Waals surface area contributed by atoms with Gasteiger partial charge in [-0.25, -0.2) is 4.98 Å². The molecule has 0 saturated carbocycles. The number of nitrogens with one attached hydrogen (secondary N) is 2. The molecule has 0 aliphatic rings. The summed E-state index contributed by atoms with van der Waals surface area (Å²) in [5, 5.41) is 11.4. The molecule has 0 radical (unpaired) electrons. The van der Waals surface area contributed by atoms with Crippen LogP contribution >= 0.6 is 11.3 Å². The molecule has 96 valence electrons. The predicted octanol–water partition coefficient (Wildman–Crippen LogP) is 1.50. The Morgan fingerprint density at radius 1 is 1.61 bits per heavy atom. The fourth-order valence-electron chi connectivity index (χ4n) is 1.56. The van der Waals surface area contributed by atoms with Gasteiger partial charge in [-0.05, 0) is 5.92 Å². The minimum absolute atomic E-state index is 0.206. The average molecular weight is 265 g/mol. The van der Waals surface area contributed by atoms with Gasteiger partial charge in [0.1, 0.15) is 0 Å². The minimum atomic E-state index is -0.288. The number of thiazole rings is 1. The first-order valence-electron chi connectivity index (χ1n) is 5.58. The molecule has 0 saturated heterocycles. The van der Waals surface area contributed by atoms with Gasteiger partial charge in [-0.3, -0.25) is 9.89 Å². The first-order valence-corrected chi connectivity index (χ1v) is 6.53. The third-order valence-electron chi connectivity index (χ3n) is 2.54. The van der Waals surface area contributed by atoms with Crippen molar-refractivity contribution in [1.82, 2.24) is 20.5 Å². The van der Waals surface area contributed by atoms with Crippen molar-refractivity contribution in [2.75, 3.05) is 5.73 Å². The summed E-state index contributed by atoms with van der Waals surface area (Å²) in [7, 11) is 0. The highest BCUT2D eigenvalue weighted by Gasteiger charge is 2.18. The fourth-order valence-corrected chi connectivity index (χ4v) is 2.12. The Balaban J connectivity index is 2.05. The number of aromatic amines is 1. The molecule has 18 heavy (non-hydrogen) atoms. The van der Waals surface area contributed by atoms with E-state index in [1.807, 2.05) is 19.2 Å². The smallest absolute Gasteiger partial charge is 0.274 e. The molecule has 2 heterocycles. The molecule has 2 aromatic rings. The molecule has 4 N–H and O–H groups in total. The van der Waals surface area contributed by atoms with Crippen LogP contribution in [0.1, 0.15) is 41.6 Å². The number of nitrogens with two attached hydrogens (primary N) is 1. The van der Waals surface area contributed by atoms with E-state index in [4.69, 9.17) is 5.73 Å². The van der Waals surface area contributed by atoms with E-state index in [9.17, 15) is 4.79 Å². The number of carbonyl (C=O) groups is 1. The van der Waals surface area contributed by atoms with E-state index >= 15 is 0 Å². The molecular formula is C11H15N5OS. The number of nitrogens with zero attached hydrogens (tertiary/aromatic N) is 2. The van der Waals surface area contributed by atoms with Gasteiger partial charge in [0.05, 0.1) is 29.1 Å². The second kappa shape index (κ2) is 5.18. The summed E-state index contributed by atoms with van der Waals surface area (Å²) >= 11 is 1.49. The topological polar surface area (TPSA) is 96.7 Å². The molecule has 0 spiro atoms. The SMILES string of the molecule is CC(C)c1[nH]nc(C(=O)NCc2cscn2)c1N. The van der Waals surface area contributed by atoms with Crippen LogP contribution in [0.4, 0.5) is 5.69 Å². The molecule has 0 bridgehead atoms. The van der Waals surface area contributed by atoms with E-state index in [1.54, 1.807) is 5.51 Å². The molecule has 0 aliphatic heterocycles. The van der Waals surface area contributed by atoms with Gasteiger partial charge in [0.15, 0.2) is 5.69 Å².